The summed E-state index contributed by atoms with van der Waals surface area (Å²) in [6.07, 6.45) is 1.68. The molecule has 0 radical (unpaired) electrons. The molecule has 1 aromatic carbocycles. The quantitative estimate of drug-likeness (QED) is 0.500. The molecule has 0 bridgehead atoms. The van der Waals surface area contributed by atoms with Gasteiger partial charge in [0.05, 0.1) is 21.3 Å². The molecule has 0 aliphatic rings. The predicted octanol–water partition coefficient (Wildman–Crippen LogP) is 4.59. The summed E-state index contributed by atoms with van der Waals surface area (Å²) in [7, 11) is 0. The molecule has 0 saturated heterocycles. The van der Waals surface area contributed by atoms with E-state index in [0.717, 1.165) is 22.6 Å². The minimum Gasteiger partial charge on any atom is -0.389 e. The number of hydrogen-bond acceptors (Lipinski definition) is 2. The van der Waals surface area contributed by atoms with Crippen LogP contribution in [-0.4, -0.2) is 9.56 Å². The molecule has 2 aromatic rings. The molecular formula is C16H13Cl2N3S. The van der Waals surface area contributed by atoms with Crippen LogP contribution in [0, 0.1) is 25.2 Å². The molecule has 112 valence electrons. The third-order valence-corrected chi connectivity index (χ3v) is 4.36. The van der Waals surface area contributed by atoms with Crippen molar-refractivity contribution in [2.75, 3.05) is 0 Å². The van der Waals surface area contributed by atoms with Gasteiger partial charge in [0.25, 0.3) is 0 Å². The Balaban J connectivity index is 2.65. The van der Waals surface area contributed by atoms with E-state index < -0.39 is 0 Å². The molecular weight excluding hydrogens is 337 g/mol. The smallest absolute Gasteiger partial charge is 0.114 e. The summed E-state index contributed by atoms with van der Waals surface area (Å²) in [6.45, 7) is 3.89. The molecule has 1 heterocycles. The van der Waals surface area contributed by atoms with Gasteiger partial charge in [-0.2, -0.15) is 5.26 Å². The molecule has 0 saturated carbocycles. The highest BCUT2D eigenvalue weighted by molar-refractivity contribution is 7.80. The van der Waals surface area contributed by atoms with E-state index in [4.69, 9.17) is 46.4 Å². The summed E-state index contributed by atoms with van der Waals surface area (Å²) >= 11 is 17.3. The van der Waals surface area contributed by atoms with Crippen LogP contribution in [0.5, 0.6) is 0 Å². The SMILES string of the molecule is Cc1cc(/C=C(\C#N)C(N)=S)c(C)n1-c1cccc(Cl)c1Cl. The molecule has 0 aliphatic carbocycles. The highest BCUT2D eigenvalue weighted by atomic mass is 35.5. The minimum atomic E-state index is 0.0769. The molecule has 0 atom stereocenters. The first-order valence-electron chi connectivity index (χ1n) is 6.41. The lowest BCUT2D eigenvalue weighted by Crippen LogP contribution is -2.09. The zero-order chi connectivity index (χ0) is 16.4. The van der Waals surface area contributed by atoms with E-state index in [9.17, 15) is 0 Å². The number of thiocarbonyl (C=S) groups is 1. The monoisotopic (exact) mass is 349 g/mol. The maximum atomic E-state index is 9.09. The Morgan fingerprint density at radius 3 is 2.64 bits per heavy atom. The van der Waals surface area contributed by atoms with Crippen molar-refractivity contribution in [1.29, 1.82) is 5.26 Å². The number of nitriles is 1. The highest BCUT2D eigenvalue weighted by Gasteiger charge is 2.14. The number of aryl methyl sites for hydroxylation is 1. The Bertz CT molecular complexity index is 829. The second kappa shape index (κ2) is 6.53. The second-order valence-corrected chi connectivity index (χ2v) is 5.99. The van der Waals surface area contributed by atoms with Crippen molar-refractivity contribution in [2.45, 2.75) is 13.8 Å². The summed E-state index contributed by atoms with van der Waals surface area (Å²) in [4.78, 5) is 0.0769. The number of nitrogens with zero attached hydrogens (tertiary/aromatic N) is 2. The lowest BCUT2D eigenvalue weighted by atomic mass is 10.1. The molecule has 0 amide bonds. The third-order valence-electron chi connectivity index (χ3n) is 3.33. The fraction of sp³-hybridized carbons (Fsp3) is 0.125. The molecule has 2 rings (SSSR count). The fourth-order valence-electron chi connectivity index (χ4n) is 2.28. The summed E-state index contributed by atoms with van der Waals surface area (Å²) < 4.78 is 1.98. The number of rotatable bonds is 3. The van der Waals surface area contributed by atoms with Gasteiger partial charge >= 0.3 is 0 Å². The average Bonchev–Trinajstić information content (AvgIpc) is 2.74. The average molecular weight is 350 g/mol. The van der Waals surface area contributed by atoms with Gasteiger partial charge in [-0.3, -0.25) is 0 Å². The molecule has 2 N–H and O–H groups in total. The summed E-state index contributed by atoms with van der Waals surface area (Å²) in [5, 5.41) is 10.1. The lowest BCUT2D eigenvalue weighted by molar-refractivity contribution is 0.965. The molecule has 0 spiro atoms. The Morgan fingerprint density at radius 1 is 1.36 bits per heavy atom. The zero-order valence-electron chi connectivity index (χ0n) is 12.0. The molecule has 22 heavy (non-hydrogen) atoms. The molecule has 6 heteroatoms. The minimum absolute atomic E-state index is 0.0769. The molecule has 0 aliphatic heterocycles. The number of hydrogen-bond donors (Lipinski definition) is 1. The summed E-state index contributed by atoms with van der Waals surface area (Å²) in [6, 6.07) is 9.42. The van der Waals surface area contributed by atoms with E-state index in [1.54, 1.807) is 12.1 Å². The van der Waals surface area contributed by atoms with Crippen LogP contribution in [0.2, 0.25) is 10.0 Å². The van der Waals surface area contributed by atoms with Crippen LogP contribution < -0.4 is 5.73 Å². The first-order chi connectivity index (χ1) is 10.4. The topological polar surface area (TPSA) is 54.7 Å². The van der Waals surface area contributed by atoms with Crippen molar-refractivity contribution < 1.29 is 0 Å². The van der Waals surface area contributed by atoms with Crippen molar-refractivity contribution in [2.24, 2.45) is 5.73 Å². The highest BCUT2D eigenvalue weighted by Crippen LogP contribution is 2.32. The lowest BCUT2D eigenvalue weighted by Gasteiger charge is -2.12. The van der Waals surface area contributed by atoms with Crippen molar-refractivity contribution >= 4 is 46.5 Å². The van der Waals surface area contributed by atoms with Gasteiger partial charge in [-0.1, -0.05) is 41.5 Å². The first-order valence-corrected chi connectivity index (χ1v) is 7.58. The molecule has 1 aromatic heterocycles. The Kier molecular flexibility index (Phi) is 4.92. The first kappa shape index (κ1) is 16.6. The van der Waals surface area contributed by atoms with Gasteiger partial charge in [0.15, 0.2) is 0 Å². The zero-order valence-corrected chi connectivity index (χ0v) is 14.4. The predicted molar refractivity (Wildman–Crippen MR) is 95.6 cm³/mol. The summed E-state index contributed by atoms with van der Waals surface area (Å²) in [5.74, 6) is 0. The van der Waals surface area contributed by atoms with E-state index in [1.807, 2.05) is 42.7 Å². The fourth-order valence-corrected chi connectivity index (χ4v) is 2.77. The van der Waals surface area contributed by atoms with Gasteiger partial charge in [-0.15, -0.1) is 0 Å². The van der Waals surface area contributed by atoms with Gasteiger partial charge < -0.3 is 10.3 Å². The standard InChI is InChI=1S/C16H13Cl2N3S/c1-9-6-11(7-12(8-19)16(20)22)10(2)21(9)14-5-3-4-13(17)15(14)18/h3-7H,1-2H3,(H2,20,22)/b12-7+. The van der Waals surface area contributed by atoms with Gasteiger partial charge in [0, 0.05) is 11.4 Å². The van der Waals surface area contributed by atoms with Gasteiger partial charge in [0.1, 0.15) is 11.1 Å². The van der Waals surface area contributed by atoms with Crippen molar-refractivity contribution in [3.05, 3.63) is 56.8 Å². The number of aromatic nitrogens is 1. The Labute approximate surface area is 144 Å². The van der Waals surface area contributed by atoms with E-state index in [2.05, 4.69) is 0 Å². The molecule has 0 fully saturated rings. The maximum Gasteiger partial charge on any atom is 0.114 e. The number of nitrogens with two attached hydrogens (primary N) is 1. The van der Waals surface area contributed by atoms with Crippen LogP contribution in [0.4, 0.5) is 0 Å². The van der Waals surface area contributed by atoms with Crippen LogP contribution in [0.1, 0.15) is 17.0 Å². The van der Waals surface area contributed by atoms with Crippen molar-refractivity contribution in [1.82, 2.24) is 4.57 Å². The van der Waals surface area contributed by atoms with Gasteiger partial charge in [-0.25, -0.2) is 0 Å². The molecule has 0 unspecified atom stereocenters. The number of halogens is 2. The van der Waals surface area contributed by atoms with E-state index in [-0.39, 0.29) is 10.6 Å². The van der Waals surface area contributed by atoms with Crippen molar-refractivity contribution in [3.63, 3.8) is 0 Å². The van der Waals surface area contributed by atoms with Crippen LogP contribution in [0.25, 0.3) is 11.8 Å². The normalized spacial score (nSPS) is 11.3. The second-order valence-electron chi connectivity index (χ2n) is 4.77. The molecule has 3 nitrogen and oxygen atoms in total. The van der Waals surface area contributed by atoms with Crippen LogP contribution in [-0.2, 0) is 0 Å². The van der Waals surface area contributed by atoms with E-state index >= 15 is 0 Å². The Hall–Kier alpha value is -1.80. The van der Waals surface area contributed by atoms with Gasteiger partial charge in [-0.05, 0) is 43.7 Å². The van der Waals surface area contributed by atoms with Gasteiger partial charge in [0.2, 0.25) is 0 Å². The van der Waals surface area contributed by atoms with E-state index in [0.29, 0.717) is 10.0 Å². The van der Waals surface area contributed by atoms with E-state index in [1.165, 1.54) is 0 Å². The van der Waals surface area contributed by atoms with Crippen molar-refractivity contribution in [3.8, 4) is 11.8 Å². The third kappa shape index (κ3) is 3.02. The largest absolute Gasteiger partial charge is 0.389 e. The summed E-state index contributed by atoms with van der Waals surface area (Å²) in [5.41, 5.74) is 9.35. The Morgan fingerprint density at radius 2 is 2.05 bits per heavy atom. The maximum absolute atomic E-state index is 9.09. The number of benzene rings is 1. The van der Waals surface area contributed by atoms with Crippen LogP contribution >= 0.6 is 35.4 Å². The van der Waals surface area contributed by atoms with Crippen LogP contribution in [0.15, 0.2) is 29.8 Å². The van der Waals surface area contributed by atoms with Crippen LogP contribution in [0.3, 0.4) is 0 Å².